The van der Waals surface area contributed by atoms with Crippen molar-refractivity contribution in [1.82, 2.24) is 19.7 Å². The van der Waals surface area contributed by atoms with Crippen LogP contribution in [0.5, 0.6) is 0 Å². The van der Waals surface area contributed by atoms with E-state index in [0.717, 1.165) is 15.4 Å². The van der Waals surface area contributed by atoms with Crippen LogP contribution >= 0.6 is 11.3 Å². The highest BCUT2D eigenvalue weighted by atomic mass is 32.2. The molecule has 1 fully saturated rings. The highest BCUT2D eigenvalue weighted by Gasteiger charge is 2.28. The molecule has 0 aliphatic heterocycles. The number of nitrogens with zero attached hydrogens (tertiary/aromatic N) is 3. The van der Waals surface area contributed by atoms with E-state index in [2.05, 4.69) is 19.7 Å². The van der Waals surface area contributed by atoms with Gasteiger partial charge in [-0.25, -0.2) is 28.1 Å². The van der Waals surface area contributed by atoms with Crippen molar-refractivity contribution >= 4 is 27.2 Å². The standard InChI is InChI=1S/C20H23N5O3S2/c1-11-3-4-15(30(27,28)24-8-13-5-14(26)6-13)7-16(11)17-9-23-20(21)19(25-17)18-10-22-12(2)29-18/h3-4,7,9-10,13-14,24,26H,5-6,8H2,1-2H3,(H2,21,23)/t13-,14+. The number of benzene rings is 1. The lowest BCUT2D eigenvalue weighted by Crippen LogP contribution is -2.38. The van der Waals surface area contributed by atoms with Gasteiger partial charge in [-0.3, -0.25) is 0 Å². The van der Waals surface area contributed by atoms with Crippen molar-refractivity contribution in [2.75, 3.05) is 12.3 Å². The Balaban J connectivity index is 1.65. The summed E-state index contributed by atoms with van der Waals surface area (Å²) in [6.07, 6.45) is 4.20. The molecular weight excluding hydrogens is 422 g/mol. The fraction of sp³-hybridized carbons (Fsp3) is 0.350. The molecule has 2 heterocycles. The Morgan fingerprint density at radius 1 is 1.23 bits per heavy atom. The maximum atomic E-state index is 12.8. The number of aliphatic hydroxyl groups excluding tert-OH is 1. The van der Waals surface area contributed by atoms with Gasteiger partial charge in [0.2, 0.25) is 10.0 Å². The average Bonchev–Trinajstić information content (AvgIpc) is 3.11. The van der Waals surface area contributed by atoms with E-state index < -0.39 is 10.0 Å². The zero-order valence-electron chi connectivity index (χ0n) is 16.7. The molecule has 10 heteroatoms. The molecule has 0 amide bonds. The first kappa shape index (κ1) is 20.9. The van der Waals surface area contributed by atoms with Crippen LogP contribution in [0.3, 0.4) is 0 Å². The number of aryl methyl sites for hydroxylation is 2. The number of nitrogen functional groups attached to an aromatic ring is 1. The van der Waals surface area contributed by atoms with Crippen LogP contribution in [-0.2, 0) is 10.0 Å². The summed E-state index contributed by atoms with van der Waals surface area (Å²) in [6, 6.07) is 4.94. The third-order valence-corrected chi connectivity index (χ3v) is 7.56. The van der Waals surface area contributed by atoms with Gasteiger partial charge in [-0.15, -0.1) is 11.3 Å². The summed E-state index contributed by atoms with van der Waals surface area (Å²) < 4.78 is 28.2. The number of sulfonamides is 1. The number of nitrogens with two attached hydrogens (primary N) is 1. The number of hydrogen-bond acceptors (Lipinski definition) is 8. The van der Waals surface area contributed by atoms with Crippen LogP contribution in [0, 0.1) is 19.8 Å². The molecule has 0 radical (unpaired) electrons. The van der Waals surface area contributed by atoms with Gasteiger partial charge in [0.05, 0.1) is 32.8 Å². The van der Waals surface area contributed by atoms with Crippen molar-refractivity contribution in [3.05, 3.63) is 41.2 Å². The third-order valence-electron chi connectivity index (χ3n) is 5.22. The molecule has 158 valence electrons. The van der Waals surface area contributed by atoms with E-state index in [-0.39, 0.29) is 16.9 Å². The molecule has 1 saturated carbocycles. The van der Waals surface area contributed by atoms with Gasteiger partial charge >= 0.3 is 0 Å². The molecule has 1 aliphatic rings. The van der Waals surface area contributed by atoms with Crippen molar-refractivity contribution in [3.63, 3.8) is 0 Å². The quantitative estimate of drug-likeness (QED) is 0.531. The topological polar surface area (TPSA) is 131 Å². The number of thiazole rings is 1. The molecule has 0 spiro atoms. The minimum atomic E-state index is -3.68. The minimum Gasteiger partial charge on any atom is -0.393 e. The van der Waals surface area contributed by atoms with Crippen LogP contribution in [-0.4, -0.2) is 41.1 Å². The van der Waals surface area contributed by atoms with E-state index in [1.807, 2.05) is 13.8 Å². The van der Waals surface area contributed by atoms with E-state index in [4.69, 9.17) is 5.73 Å². The molecule has 30 heavy (non-hydrogen) atoms. The van der Waals surface area contributed by atoms with Gasteiger partial charge < -0.3 is 10.8 Å². The van der Waals surface area contributed by atoms with Gasteiger partial charge in [0.1, 0.15) is 5.69 Å². The predicted molar refractivity (Wildman–Crippen MR) is 116 cm³/mol. The van der Waals surface area contributed by atoms with E-state index in [9.17, 15) is 13.5 Å². The largest absolute Gasteiger partial charge is 0.393 e. The Labute approximate surface area is 179 Å². The first-order valence-corrected chi connectivity index (χ1v) is 11.9. The van der Waals surface area contributed by atoms with E-state index in [1.54, 1.807) is 30.6 Å². The first-order chi connectivity index (χ1) is 14.2. The highest BCUT2D eigenvalue weighted by molar-refractivity contribution is 7.89. The number of anilines is 1. The van der Waals surface area contributed by atoms with E-state index >= 15 is 0 Å². The highest BCUT2D eigenvalue weighted by Crippen LogP contribution is 2.32. The summed E-state index contributed by atoms with van der Waals surface area (Å²) in [4.78, 5) is 14.1. The molecule has 1 aromatic carbocycles. The molecule has 2 aromatic heterocycles. The van der Waals surface area contributed by atoms with Crippen molar-refractivity contribution in [3.8, 4) is 21.8 Å². The second-order valence-electron chi connectivity index (χ2n) is 7.55. The lowest BCUT2D eigenvalue weighted by Gasteiger charge is -2.31. The van der Waals surface area contributed by atoms with Crippen LogP contribution in [0.1, 0.15) is 23.4 Å². The normalized spacial score (nSPS) is 18.9. The zero-order valence-corrected chi connectivity index (χ0v) is 18.3. The zero-order chi connectivity index (χ0) is 21.5. The number of nitrogens with one attached hydrogen (secondary N) is 1. The second kappa shape index (κ2) is 8.03. The summed E-state index contributed by atoms with van der Waals surface area (Å²) in [7, 11) is -3.68. The van der Waals surface area contributed by atoms with Crippen LogP contribution in [0.4, 0.5) is 5.82 Å². The maximum absolute atomic E-state index is 12.8. The lowest BCUT2D eigenvalue weighted by molar-refractivity contribution is 0.0453. The summed E-state index contributed by atoms with van der Waals surface area (Å²) in [5.74, 6) is 0.473. The molecule has 0 unspecified atom stereocenters. The first-order valence-electron chi connectivity index (χ1n) is 9.57. The van der Waals surface area contributed by atoms with Crippen LogP contribution in [0.2, 0.25) is 0 Å². The molecule has 4 rings (SSSR count). The molecule has 1 aliphatic carbocycles. The number of rotatable bonds is 6. The average molecular weight is 446 g/mol. The predicted octanol–water partition coefficient (Wildman–Crippen LogP) is 2.52. The number of aliphatic hydroxyl groups is 1. The summed E-state index contributed by atoms with van der Waals surface area (Å²) in [6.45, 7) is 4.11. The van der Waals surface area contributed by atoms with Crippen LogP contribution in [0.15, 0.2) is 35.5 Å². The van der Waals surface area contributed by atoms with Gasteiger partial charge in [-0.1, -0.05) is 6.07 Å². The van der Waals surface area contributed by atoms with Crippen molar-refractivity contribution in [1.29, 1.82) is 0 Å². The Hall–Kier alpha value is -2.40. The van der Waals surface area contributed by atoms with Crippen molar-refractivity contribution in [2.45, 2.75) is 37.7 Å². The fourth-order valence-electron chi connectivity index (χ4n) is 3.40. The molecule has 8 nitrogen and oxygen atoms in total. The number of aromatic nitrogens is 3. The minimum absolute atomic E-state index is 0.164. The SMILES string of the molecule is Cc1ncc(-c2nc(-c3cc(S(=O)(=O)NC[C@H]4C[C@@H](O)C4)ccc3C)cnc2N)s1. The summed E-state index contributed by atoms with van der Waals surface area (Å²) in [5, 5.41) is 10.3. The second-order valence-corrected chi connectivity index (χ2v) is 10.6. The Kier molecular flexibility index (Phi) is 5.58. The monoisotopic (exact) mass is 445 g/mol. The smallest absolute Gasteiger partial charge is 0.240 e. The molecular formula is C20H23N5O3S2. The van der Waals surface area contributed by atoms with Gasteiger partial charge in [-0.05, 0) is 50.3 Å². The van der Waals surface area contributed by atoms with E-state index in [0.29, 0.717) is 42.2 Å². The fourth-order valence-corrected chi connectivity index (χ4v) is 5.32. The van der Waals surface area contributed by atoms with Crippen molar-refractivity contribution in [2.24, 2.45) is 5.92 Å². The molecule has 0 bridgehead atoms. The Bertz CT molecular complexity index is 1190. The maximum Gasteiger partial charge on any atom is 0.240 e. The Morgan fingerprint density at radius 3 is 2.67 bits per heavy atom. The summed E-state index contributed by atoms with van der Waals surface area (Å²) in [5.41, 5.74) is 8.65. The van der Waals surface area contributed by atoms with Gasteiger partial charge in [0, 0.05) is 18.3 Å². The van der Waals surface area contributed by atoms with Crippen molar-refractivity contribution < 1.29 is 13.5 Å². The van der Waals surface area contributed by atoms with Crippen LogP contribution < -0.4 is 10.5 Å². The van der Waals surface area contributed by atoms with E-state index in [1.165, 1.54) is 11.3 Å². The van der Waals surface area contributed by atoms with Crippen LogP contribution in [0.25, 0.3) is 21.8 Å². The lowest BCUT2D eigenvalue weighted by atomic mass is 9.83. The molecule has 3 aromatic rings. The molecule has 0 saturated heterocycles. The Morgan fingerprint density at radius 2 is 2.00 bits per heavy atom. The number of hydrogen-bond donors (Lipinski definition) is 3. The van der Waals surface area contributed by atoms with Gasteiger partial charge in [-0.2, -0.15) is 0 Å². The molecule has 4 N–H and O–H groups in total. The van der Waals surface area contributed by atoms with Gasteiger partial charge in [0.15, 0.2) is 5.82 Å². The molecule has 0 atom stereocenters. The summed E-state index contributed by atoms with van der Waals surface area (Å²) >= 11 is 1.47. The van der Waals surface area contributed by atoms with Gasteiger partial charge in [0.25, 0.3) is 0 Å². The third kappa shape index (κ3) is 4.22.